The Bertz CT molecular complexity index is 1310. The lowest BCUT2D eigenvalue weighted by Crippen LogP contribution is -2.44. The van der Waals surface area contributed by atoms with Crippen LogP contribution >= 0.6 is 0 Å². The van der Waals surface area contributed by atoms with Crippen molar-refractivity contribution in [2.75, 3.05) is 5.32 Å². The Morgan fingerprint density at radius 3 is 2.31 bits per heavy atom. The van der Waals surface area contributed by atoms with E-state index >= 15 is 0 Å². The number of nitrogens with zero attached hydrogens (tertiary/aromatic N) is 2. The lowest BCUT2D eigenvalue weighted by atomic mass is 9.93. The molecule has 1 aliphatic rings. The molecule has 7 nitrogen and oxygen atoms in total. The summed E-state index contributed by atoms with van der Waals surface area (Å²) in [6.45, 7) is 0.699. The number of amides is 3. The van der Waals surface area contributed by atoms with Gasteiger partial charge in [-0.3, -0.25) is 9.48 Å². The molecule has 0 aliphatic heterocycles. The first kappa shape index (κ1) is 23.4. The molecule has 0 radical (unpaired) electrons. The number of benzene rings is 3. The molecule has 0 saturated heterocycles. The molecule has 3 N–H and O–H groups in total. The Kier molecular flexibility index (Phi) is 7.07. The second kappa shape index (κ2) is 10.9. The van der Waals surface area contributed by atoms with Crippen LogP contribution in [0.2, 0.25) is 0 Å². The standard InChI is InChI=1S/C29H29N5O2/c35-28(31-23-15-8-3-9-16-23)27(22-13-6-2-7-14-22)33-29(36)32-25-17-10-18-26-24(25)19-30-34(26)20-21-11-4-1-5-12-21/h1-9,11-16,19,25,27H,10,17-18,20H2,(H,31,35)(H2,32,33,36). The molecule has 3 amide bonds. The van der Waals surface area contributed by atoms with Crippen molar-refractivity contribution in [3.63, 3.8) is 0 Å². The van der Waals surface area contributed by atoms with E-state index in [4.69, 9.17) is 0 Å². The molecule has 0 fully saturated rings. The molecule has 182 valence electrons. The Morgan fingerprint density at radius 1 is 0.917 bits per heavy atom. The first-order valence-electron chi connectivity index (χ1n) is 12.2. The molecule has 5 rings (SSSR count). The van der Waals surface area contributed by atoms with Crippen LogP contribution < -0.4 is 16.0 Å². The Balaban J connectivity index is 1.29. The van der Waals surface area contributed by atoms with Gasteiger partial charge in [-0.1, -0.05) is 78.9 Å². The highest BCUT2D eigenvalue weighted by atomic mass is 16.2. The number of urea groups is 1. The number of fused-ring (bicyclic) bond motifs is 1. The minimum Gasteiger partial charge on any atom is -0.331 e. The van der Waals surface area contributed by atoms with Gasteiger partial charge in [-0.2, -0.15) is 5.10 Å². The normalized spacial score (nSPS) is 15.4. The molecule has 2 unspecified atom stereocenters. The van der Waals surface area contributed by atoms with Gasteiger partial charge in [0.25, 0.3) is 5.91 Å². The molecule has 1 heterocycles. The van der Waals surface area contributed by atoms with Crippen molar-refractivity contribution < 1.29 is 9.59 Å². The highest BCUT2D eigenvalue weighted by Gasteiger charge is 2.28. The Hall–Kier alpha value is -4.39. The van der Waals surface area contributed by atoms with Crippen LogP contribution in [-0.2, 0) is 17.8 Å². The summed E-state index contributed by atoms with van der Waals surface area (Å²) < 4.78 is 2.02. The number of hydrogen-bond donors (Lipinski definition) is 3. The van der Waals surface area contributed by atoms with E-state index in [-0.39, 0.29) is 18.0 Å². The van der Waals surface area contributed by atoms with E-state index in [9.17, 15) is 9.59 Å². The zero-order valence-electron chi connectivity index (χ0n) is 19.9. The van der Waals surface area contributed by atoms with Crippen molar-refractivity contribution in [2.45, 2.75) is 37.9 Å². The predicted octanol–water partition coefficient (Wildman–Crippen LogP) is 4.99. The first-order valence-corrected chi connectivity index (χ1v) is 12.2. The Morgan fingerprint density at radius 2 is 1.58 bits per heavy atom. The third-order valence-electron chi connectivity index (χ3n) is 6.46. The van der Waals surface area contributed by atoms with Crippen LogP contribution in [0, 0.1) is 0 Å². The van der Waals surface area contributed by atoms with Gasteiger partial charge in [0.1, 0.15) is 6.04 Å². The van der Waals surface area contributed by atoms with Crippen LogP contribution in [0.15, 0.2) is 97.2 Å². The molecule has 2 atom stereocenters. The number of aromatic nitrogens is 2. The number of hydrogen-bond acceptors (Lipinski definition) is 3. The van der Waals surface area contributed by atoms with E-state index in [1.807, 2.05) is 89.7 Å². The van der Waals surface area contributed by atoms with Crippen LogP contribution in [0.5, 0.6) is 0 Å². The fourth-order valence-corrected chi connectivity index (χ4v) is 4.67. The van der Waals surface area contributed by atoms with Gasteiger partial charge in [0.15, 0.2) is 0 Å². The fraction of sp³-hybridized carbons (Fsp3) is 0.207. The van der Waals surface area contributed by atoms with E-state index < -0.39 is 6.04 Å². The topological polar surface area (TPSA) is 88.1 Å². The lowest BCUT2D eigenvalue weighted by Gasteiger charge is -2.26. The maximum atomic E-state index is 13.1. The molecule has 7 heteroatoms. The van der Waals surface area contributed by atoms with Crippen LogP contribution in [0.3, 0.4) is 0 Å². The number of rotatable bonds is 7. The molecule has 36 heavy (non-hydrogen) atoms. The monoisotopic (exact) mass is 479 g/mol. The van der Waals surface area contributed by atoms with Crippen molar-refractivity contribution in [3.05, 3.63) is 120 Å². The minimum absolute atomic E-state index is 0.160. The molecule has 3 aromatic carbocycles. The van der Waals surface area contributed by atoms with E-state index in [1.165, 1.54) is 5.56 Å². The lowest BCUT2D eigenvalue weighted by molar-refractivity contribution is -0.118. The van der Waals surface area contributed by atoms with Crippen LogP contribution in [0.4, 0.5) is 10.5 Å². The summed E-state index contributed by atoms with van der Waals surface area (Å²) in [6, 6.07) is 27.3. The number of para-hydroxylation sites is 1. The molecule has 0 spiro atoms. The quantitative estimate of drug-likeness (QED) is 0.349. The summed E-state index contributed by atoms with van der Waals surface area (Å²) in [5, 5.41) is 13.5. The number of anilines is 1. The van der Waals surface area contributed by atoms with Crippen molar-refractivity contribution >= 4 is 17.6 Å². The number of carbonyl (C=O) groups is 2. The smallest absolute Gasteiger partial charge is 0.316 e. The molecule has 4 aromatic rings. The minimum atomic E-state index is -0.838. The highest BCUT2D eigenvalue weighted by Crippen LogP contribution is 2.30. The van der Waals surface area contributed by atoms with Crippen molar-refractivity contribution in [1.29, 1.82) is 0 Å². The molecule has 1 aromatic heterocycles. The highest BCUT2D eigenvalue weighted by molar-refractivity contribution is 5.97. The van der Waals surface area contributed by atoms with E-state index in [0.717, 1.165) is 30.5 Å². The van der Waals surface area contributed by atoms with Crippen molar-refractivity contribution in [1.82, 2.24) is 20.4 Å². The molecular weight excluding hydrogens is 450 g/mol. The van der Waals surface area contributed by atoms with Gasteiger partial charge in [0.2, 0.25) is 0 Å². The summed E-state index contributed by atoms with van der Waals surface area (Å²) in [6.07, 6.45) is 4.56. The second-order valence-corrected chi connectivity index (χ2v) is 8.95. The van der Waals surface area contributed by atoms with Crippen LogP contribution in [0.1, 0.15) is 47.3 Å². The zero-order valence-corrected chi connectivity index (χ0v) is 19.9. The summed E-state index contributed by atoms with van der Waals surface area (Å²) in [7, 11) is 0. The van der Waals surface area contributed by atoms with Gasteiger partial charge in [0, 0.05) is 16.9 Å². The van der Waals surface area contributed by atoms with Gasteiger partial charge >= 0.3 is 6.03 Å². The fourth-order valence-electron chi connectivity index (χ4n) is 4.67. The number of nitrogens with one attached hydrogen (secondary N) is 3. The third kappa shape index (κ3) is 5.46. The average Bonchev–Trinajstić information content (AvgIpc) is 3.32. The molecular formula is C29H29N5O2. The summed E-state index contributed by atoms with van der Waals surface area (Å²) >= 11 is 0. The SMILES string of the molecule is O=C(NC1CCCc2c1cnn2Cc1ccccc1)NC(C(=O)Nc1ccccc1)c1ccccc1. The van der Waals surface area contributed by atoms with Gasteiger partial charge in [-0.05, 0) is 42.5 Å². The first-order chi connectivity index (χ1) is 17.7. The molecule has 1 aliphatic carbocycles. The third-order valence-corrected chi connectivity index (χ3v) is 6.46. The van der Waals surface area contributed by atoms with Gasteiger partial charge < -0.3 is 16.0 Å². The number of carbonyl (C=O) groups excluding carboxylic acids is 2. The van der Waals surface area contributed by atoms with E-state index in [1.54, 1.807) is 0 Å². The Labute approximate surface area is 210 Å². The maximum absolute atomic E-state index is 13.1. The summed E-state index contributed by atoms with van der Waals surface area (Å²) in [4.78, 5) is 26.3. The zero-order chi connectivity index (χ0) is 24.7. The average molecular weight is 480 g/mol. The molecule has 0 bridgehead atoms. The maximum Gasteiger partial charge on any atom is 0.316 e. The van der Waals surface area contributed by atoms with E-state index in [2.05, 4.69) is 33.2 Å². The van der Waals surface area contributed by atoms with Crippen LogP contribution in [-0.4, -0.2) is 21.7 Å². The second-order valence-electron chi connectivity index (χ2n) is 8.95. The van der Waals surface area contributed by atoms with Crippen LogP contribution in [0.25, 0.3) is 0 Å². The van der Waals surface area contributed by atoms with Crippen molar-refractivity contribution in [3.8, 4) is 0 Å². The van der Waals surface area contributed by atoms with Crippen molar-refractivity contribution in [2.24, 2.45) is 0 Å². The van der Waals surface area contributed by atoms with E-state index in [0.29, 0.717) is 17.8 Å². The van der Waals surface area contributed by atoms with Gasteiger partial charge in [0.05, 0.1) is 18.8 Å². The summed E-state index contributed by atoms with van der Waals surface area (Å²) in [5.41, 5.74) is 4.76. The largest absolute Gasteiger partial charge is 0.331 e. The molecule has 0 saturated carbocycles. The summed E-state index contributed by atoms with van der Waals surface area (Å²) in [5.74, 6) is -0.303. The van der Waals surface area contributed by atoms with Gasteiger partial charge in [-0.25, -0.2) is 4.79 Å². The van der Waals surface area contributed by atoms with Gasteiger partial charge in [-0.15, -0.1) is 0 Å². The predicted molar refractivity (Wildman–Crippen MR) is 139 cm³/mol.